The zero-order valence-corrected chi connectivity index (χ0v) is 22.9. The van der Waals surface area contributed by atoms with Gasteiger partial charge in [0, 0.05) is 60.2 Å². The summed E-state index contributed by atoms with van der Waals surface area (Å²) >= 11 is 0. The quantitative estimate of drug-likeness (QED) is 0.266. The van der Waals surface area contributed by atoms with E-state index in [9.17, 15) is 5.11 Å². The molecule has 7 rings (SSSR count). The molecule has 1 aliphatic heterocycles. The lowest BCUT2D eigenvalue weighted by atomic mass is 9.95. The maximum Gasteiger partial charge on any atom is 0.225 e. The molecule has 1 fully saturated rings. The first-order chi connectivity index (χ1) is 19.6. The minimum atomic E-state index is -0.366. The Balaban J connectivity index is 1.45. The van der Waals surface area contributed by atoms with Crippen LogP contribution in [0.4, 0.5) is 10.3 Å². The molecule has 7 nitrogen and oxygen atoms in total. The van der Waals surface area contributed by atoms with Gasteiger partial charge in [-0.25, -0.2) is 19.0 Å². The Kier molecular flexibility index (Phi) is 6.15. The average molecular weight is 537 g/mol. The summed E-state index contributed by atoms with van der Waals surface area (Å²) in [5.41, 5.74) is 9.10. The minimum absolute atomic E-state index is 0.244. The fraction of sp³-hybridized carbons (Fsp3) is 0.344. The van der Waals surface area contributed by atoms with Gasteiger partial charge in [0.2, 0.25) is 5.95 Å². The third-order valence-corrected chi connectivity index (χ3v) is 8.49. The number of para-hydroxylation sites is 1. The fourth-order valence-corrected chi connectivity index (χ4v) is 6.21. The number of benzene rings is 2. The summed E-state index contributed by atoms with van der Waals surface area (Å²) in [5.74, 6) is 0.931. The second-order valence-corrected chi connectivity index (χ2v) is 10.9. The molecule has 0 radical (unpaired) electrons. The summed E-state index contributed by atoms with van der Waals surface area (Å²) in [6.07, 6.45) is 10.5. The van der Waals surface area contributed by atoms with Crippen LogP contribution >= 0.6 is 0 Å². The zero-order chi connectivity index (χ0) is 27.4. The standard InChI is InChI=1S/C32H33FN6O/c1-3-19-6-5-7-20(4-2)30(19)39-31(28-24-10-12-34-29(24)22(18-40)14-26(28)33)25-17-38(13-11-27(25)37-39)32-35-15-23(16-36-32)21-8-9-21/h5-7,10,12,14-16,21,34,40H,3-4,8-9,11,13,17-18H2,1-2H3. The molecular weight excluding hydrogens is 503 g/mol. The van der Waals surface area contributed by atoms with Gasteiger partial charge in [-0.05, 0) is 60.4 Å². The van der Waals surface area contributed by atoms with Crippen molar-refractivity contribution in [1.82, 2.24) is 24.7 Å². The molecule has 2 aromatic carbocycles. The summed E-state index contributed by atoms with van der Waals surface area (Å²) < 4.78 is 18.2. The number of aromatic amines is 1. The Morgan fingerprint density at radius 3 is 2.48 bits per heavy atom. The Morgan fingerprint density at radius 2 is 1.80 bits per heavy atom. The first kappa shape index (κ1) is 25.0. The highest BCUT2D eigenvalue weighted by Crippen LogP contribution is 2.42. The number of nitrogens with one attached hydrogen (secondary N) is 1. The van der Waals surface area contributed by atoms with Crippen molar-refractivity contribution in [3.05, 3.63) is 88.3 Å². The van der Waals surface area contributed by atoms with E-state index in [2.05, 4.69) is 41.9 Å². The molecule has 2 aliphatic rings. The number of aliphatic hydroxyl groups is 1. The van der Waals surface area contributed by atoms with Gasteiger partial charge in [0.1, 0.15) is 5.82 Å². The van der Waals surface area contributed by atoms with Crippen LogP contribution in [-0.2, 0) is 32.4 Å². The molecule has 0 saturated heterocycles. The number of aromatic nitrogens is 5. The van der Waals surface area contributed by atoms with Gasteiger partial charge >= 0.3 is 0 Å². The van der Waals surface area contributed by atoms with Crippen molar-refractivity contribution < 1.29 is 9.50 Å². The van der Waals surface area contributed by atoms with E-state index < -0.39 is 0 Å². The number of aliphatic hydroxyl groups excluding tert-OH is 1. The lowest BCUT2D eigenvalue weighted by Gasteiger charge is -2.27. The Bertz CT molecular complexity index is 1690. The summed E-state index contributed by atoms with van der Waals surface area (Å²) in [6, 6.07) is 9.71. The lowest BCUT2D eigenvalue weighted by molar-refractivity contribution is 0.282. The van der Waals surface area contributed by atoms with Crippen molar-refractivity contribution in [3.63, 3.8) is 0 Å². The van der Waals surface area contributed by atoms with Gasteiger partial charge in [-0.15, -0.1) is 0 Å². The van der Waals surface area contributed by atoms with Crippen LogP contribution in [-0.4, -0.2) is 36.4 Å². The van der Waals surface area contributed by atoms with Crippen molar-refractivity contribution in [2.75, 3.05) is 11.4 Å². The molecule has 0 amide bonds. The molecule has 0 spiro atoms. The van der Waals surface area contributed by atoms with Gasteiger partial charge < -0.3 is 15.0 Å². The molecule has 204 valence electrons. The number of fused-ring (bicyclic) bond motifs is 2. The third kappa shape index (κ3) is 4.01. The molecule has 3 aromatic heterocycles. The van der Waals surface area contributed by atoms with Gasteiger partial charge in [0.15, 0.2) is 0 Å². The largest absolute Gasteiger partial charge is 0.392 e. The normalized spacial score (nSPS) is 15.2. The van der Waals surface area contributed by atoms with Crippen molar-refractivity contribution >= 4 is 16.9 Å². The van der Waals surface area contributed by atoms with Crippen LogP contribution in [0.25, 0.3) is 27.8 Å². The molecule has 1 aliphatic carbocycles. The van der Waals surface area contributed by atoms with Gasteiger partial charge in [-0.2, -0.15) is 5.10 Å². The maximum absolute atomic E-state index is 16.2. The van der Waals surface area contributed by atoms with Crippen LogP contribution in [0.2, 0.25) is 0 Å². The summed E-state index contributed by atoms with van der Waals surface area (Å²) in [7, 11) is 0. The van der Waals surface area contributed by atoms with Crippen LogP contribution < -0.4 is 4.90 Å². The monoisotopic (exact) mass is 536 g/mol. The number of halogens is 1. The van der Waals surface area contributed by atoms with E-state index in [-0.39, 0.29) is 12.4 Å². The molecule has 2 N–H and O–H groups in total. The fourth-order valence-electron chi connectivity index (χ4n) is 6.21. The van der Waals surface area contributed by atoms with Crippen LogP contribution in [0.5, 0.6) is 0 Å². The number of aryl methyl sites for hydroxylation is 2. The third-order valence-electron chi connectivity index (χ3n) is 8.49. The molecule has 0 bridgehead atoms. The van der Waals surface area contributed by atoms with E-state index in [0.29, 0.717) is 36.0 Å². The lowest BCUT2D eigenvalue weighted by Crippen LogP contribution is -2.31. The summed E-state index contributed by atoms with van der Waals surface area (Å²) in [6.45, 7) is 5.33. The van der Waals surface area contributed by atoms with E-state index in [4.69, 9.17) is 15.1 Å². The van der Waals surface area contributed by atoms with Gasteiger partial charge in [0.05, 0.1) is 29.2 Å². The molecular formula is C32H33FN6O. The average Bonchev–Trinajstić information content (AvgIpc) is 3.62. The van der Waals surface area contributed by atoms with Crippen molar-refractivity contribution in [3.8, 4) is 16.9 Å². The second-order valence-electron chi connectivity index (χ2n) is 10.9. The Hall–Kier alpha value is -4.04. The van der Waals surface area contributed by atoms with E-state index in [1.165, 1.54) is 35.6 Å². The van der Waals surface area contributed by atoms with Crippen molar-refractivity contribution in [2.24, 2.45) is 0 Å². The van der Waals surface area contributed by atoms with E-state index in [1.54, 1.807) is 6.20 Å². The number of H-pyrrole nitrogens is 1. The summed E-state index contributed by atoms with van der Waals surface area (Å²) in [4.78, 5) is 14.8. The molecule has 1 saturated carbocycles. The van der Waals surface area contributed by atoms with Crippen LogP contribution in [0, 0.1) is 5.82 Å². The second kappa shape index (κ2) is 9.86. The van der Waals surface area contributed by atoms with Crippen molar-refractivity contribution in [2.45, 2.75) is 65.0 Å². The highest BCUT2D eigenvalue weighted by atomic mass is 19.1. The minimum Gasteiger partial charge on any atom is -0.392 e. The summed E-state index contributed by atoms with van der Waals surface area (Å²) in [5, 5.41) is 15.9. The number of nitrogens with zero attached hydrogens (tertiary/aromatic N) is 5. The number of anilines is 1. The zero-order valence-electron chi connectivity index (χ0n) is 22.9. The molecule has 40 heavy (non-hydrogen) atoms. The van der Waals surface area contributed by atoms with E-state index >= 15 is 4.39 Å². The number of rotatable bonds is 7. The van der Waals surface area contributed by atoms with Crippen LogP contribution in [0.15, 0.2) is 48.9 Å². The topological polar surface area (TPSA) is 82.9 Å². The molecule has 8 heteroatoms. The molecule has 0 atom stereocenters. The van der Waals surface area contributed by atoms with Gasteiger partial charge in [-0.1, -0.05) is 32.0 Å². The van der Waals surface area contributed by atoms with E-state index in [1.807, 2.05) is 23.1 Å². The highest BCUT2D eigenvalue weighted by Gasteiger charge is 2.32. The molecule has 4 heterocycles. The van der Waals surface area contributed by atoms with E-state index in [0.717, 1.165) is 52.9 Å². The van der Waals surface area contributed by atoms with Crippen molar-refractivity contribution in [1.29, 1.82) is 0 Å². The highest BCUT2D eigenvalue weighted by molar-refractivity contribution is 5.97. The van der Waals surface area contributed by atoms with Gasteiger partial charge in [-0.3, -0.25) is 0 Å². The predicted octanol–water partition coefficient (Wildman–Crippen LogP) is 6.01. The SMILES string of the molecule is CCc1cccc(CC)c1-n1nc2c(c1-c1c(F)cc(CO)c3[nH]ccc13)CN(c1ncc(C3CC3)cn1)CC2. The number of hydrogen-bond acceptors (Lipinski definition) is 5. The molecule has 5 aromatic rings. The first-order valence-corrected chi connectivity index (χ1v) is 14.3. The van der Waals surface area contributed by atoms with Crippen LogP contribution in [0.3, 0.4) is 0 Å². The Labute approximate surface area is 232 Å². The Morgan fingerprint density at radius 1 is 1.05 bits per heavy atom. The predicted molar refractivity (Wildman–Crippen MR) is 154 cm³/mol. The maximum atomic E-state index is 16.2. The van der Waals surface area contributed by atoms with Gasteiger partial charge in [0.25, 0.3) is 0 Å². The molecule has 0 unspecified atom stereocenters. The first-order valence-electron chi connectivity index (χ1n) is 14.3. The smallest absolute Gasteiger partial charge is 0.225 e. The van der Waals surface area contributed by atoms with Crippen LogP contribution in [0.1, 0.15) is 66.1 Å². The number of hydrogen-bond donors (Lipinski definition) is 2.